The Labute approximate surface area is 248 Å². The Hall–Kier alpha value is -3.95. The highest BCUT2D eigenvalue weighted by Gasteiger charge is 2.32. The van der Waals surface area contributed by atoms with Crippen LogP contribution in [0.1, 0.15) is 28.6 Å². The molecule has 10 heteroatoms. The summed E-state index contributed by atoms with van der Waals surface area (Å²) < 4.78 is 14.4. The minimum atomic E-state index is -1.12. The second kappa shape index (κ2) is 13.6. The lowest BCUT2D eigenvalue weighted by Crippen LogP contribution is -2.42. The van der Waals surface area contributed by atoms with E-state index in [1.165, 1.54) is 34.9 Å². The van der Waals surface area contributed by atoms with E-state index < -0.39 is 17.8 Å². The number of thioether (sulfide) groups is 1. The first kappa shape index (κ1) is 30.0. The van der Waals surface area contributed by atoms with Gasteiger partial charge in [-0.1, -0.05) is 47.6 Å². The number of hydrogen-bond donors (Lipinski definition) is 1. The summed E-state index contributed by atoms with van der Waals surface area (Å²) >= 11 is 7.28. The molecule has 1 unspecified atom stereocenters. The third-order valence-electron chi connectivity index (χ3n) is 6.25. The van der Waals surface area contributed by atoms with Gasteiger partial charge in [-0.05, 0) is 79.6 Å². The maximum atomic E-state index is 14.4. The first-order chi connectivity index (χ1) is 19.6. The maximum absolute atomic E-state index is 14.4. The largest absolute Gasteiger partial charge is 0.378 e. The molecule has 0 radical (unpaired) electrons. The Bertz CT molecular complexity index is 1500. The Morgan fingerprint density at radius 1 is 0.951 bits per heavy atom. The molecule has 1 N–H and O–H groups in total. The van der Waals surface area contributed by atoms with Crippen LogP contribution < -0.4 is 10.2 Å². The van der Waals surface area contributed by atoms with Crippen molar-refractivity contribution >= 4 is 46.6 Å². The van der Waals surface area contributed by atoms with Crippen LogP contribution in [0.3, 0.4) is 0 Å². The molecule has 1 atom stereocenters. The standard InChI is InChI=1S/C31H31ClFN5O2S/c1-20-16-21(2)35-31(34-20)41-19-28(39)38(18-22-8-10-24(32)11-9-22)29(23-6-5-7-25(33)17-23)30(40)36-26-12-14-27(15-13-26)37(3)4/h5-17,29H,18-19H2,1-4H3,(H,36,40). The number of nitrogens with one attached hydrogen (secondary N) is 1. The summed E-state index contributed by atoms with van der Waals surface area (Å²) in [6, 6.07) is 20.9. The Morgan fingerprint density at radius 3 is 2.22 bits per heavy atom. The van der Waals surface area contributed by atoms with Crippen molar-refractivity contribution < 1.29 is 14.0 Å². The van der Waals surface area contributed by atoms with E-state index in [0.717, 1.165) is 22.6 Å². The number of carbonyl (C=O) groups excluding carboxylic acids is 2. The van der Waals surface area contributed by atoms with E-state index in [1.54, 1.807) is 42.5 Å². The molecular formula is C31H31ClFN5O2S. The summed E-state index contributed by atoms with van der Waals surface area (Å²) in [5.41, 5.74) is 4.22. The number of anilines is 2. The zero-order valence-corrected chi connectivity index (χ0v) is 24.8. The van der Waals surface area contributed by atoms with Crippen LogP contribution in [0.5, 0.6) is 0 Å². The molecule has 4 rings (SSSR count). The molecule has 0 spiro atoms. The van der Waals surface area contributed by atoms with Crippen molar-refractivity contribution in [2.45, 2.75) is 31.6 Å². The third-order valence-corrected chi connectivity index (χ3v) is 7.33. The van der Waals surface area contributed by atoms with Gasteiger partial charge in [0.05, 0.1) is 5.75 Å². The van der Waals surface area contributed by atoms with E-state index in [4.69, 9.17) is 11.6 Å². The minimum Gasteiger partial charge on any atom is -0.378 e. The van der Waals surface area contributed by atoms with Crippen molar-refractivity contribution in [2.24, 2.45) is 0 Å². The van der Waals surface area contributed by atoms with Crippen LogP contribution in [-0.2, 0) is 16.1 Å². The summed E-state index contributed by atoms with van der Waals surface area (Å²) in [5, 5.41) is 3.94. The number of carbonyl (C=O) groups is 2. The van der Waals surface area contributed by atoms with Crippen LogP contribution in [0.4, 0.5) is 15.8 Å². The monoisotopic (exact) mass is 591 g/mol. The van der Waals surface area contributed by atoms with Crippen molar-refractivity contribution in [3.63, 3.8) is 0 Å². The lowest BCUT2D eigenvalue weighted by atomic mass is 10.0. The number of benzene rings is 3. The van der Waals surface area contributed by atoms with E-state index in [0.29, 0.717) is 21.4 Å². The van der Waals surface area contributed by atoms with Crippen LogP contribution in [0, 0.1) is 19.7 Å². The van der Waals surface area contributed by atoms with Crippen LogP contribution in [0.15, 0.2) is 84.0 Å². The molecule has 1 heterocycles. The highest BCUT2D eigenvalue weighted by molar-refractivity contribution is 7.99. The summed E-state index contributed by atoms with van der Waals surface area (Å²) in [5.74, 6) is -1.33. The molecule has 0 bridgehead atoms. The highest BCUT2D eigenvalue weighted by atomic mass is 35.5. The van der Waals surface area contributed by atoms with E-state index >= 15 is 0 Å². The predicted octanol–water partition coefficient (Wildman–Crippen LogP) is 6.45. The van der Waals surface area contributed by atoms with Crippen molar-refractivity contribution in [2.75, 3.05) is 30.1 Å². The van der Waals surface area contributed by atoms with E-state index in [-0.39, 0.29) is 18.2 Å². The quantitative estimate of drug-likeness (QED) is 0.169. The third kappa shape index (κ3) is 8.28. The van der Waals surface area contributed by atoms with Crippen LogP contribution in [-0.4, -0.2) is 46.5 Å². The Morgan fingerprint density at radius 2 is 1.61 bits per heavy atom. The SMILES string of the molecule is Cc1cc(C)nc(SCC(=O)N(Cc2ccc(Cl)cc2)C(C(=O)Nc2ccc(N(C)C)cc2)c2cccc(F)c2)n1. The molecule has 0 aliphatic heterocycles. The number of aromatic nitrogens is 2. The van der Waals surface area contributed by atoms with Gasteiger partial charge in [-0.2, -0.15) is 0 Å². The molecule has 7 nitrogen and oxygen atoms in total. The second-order valence-corrected chi connectivity index (χ2v) is 11.1. The predicted molar refractivity (Wildman–Crippen MR) is 163 cm³/mol. The van der Waals surface area contributed by atoms with Crippen molar-refractivity contribution in [3.05, 3.63) is 112 Å². The molecule has 0 saturated carbocycles. The number of rotatable bonds is 10. The molecule has 0 fully saturated rings. The molecule has 0 aliphatic rings. The van der Waals surface area contributed by atoms with Gasteiger partial charge in [0.25, 0.3) is 5.91 Å². The normalized spacial score (nSPS) is 11.6. The van der Waals surface area contributed by atoms with Gasteiger partial charge < -0.3 is 15.1 Å². The molecule has 4 aromatic rings. The molecule has 2 amide bonds. The van der Waals surface area contributed by atoms with Gasteiger partial charge in [-0.3, -0.25) is 9.59 Å². The molecule has 0 aliphatic carbocycles. The summed E-state index contributed by atoms with van der Waals surface area (Å²) in [6.45, 7) is 3.82. The van der Waals surface area contributed by atoms with Gasteiger partial charge in [-0.15, -0.1) is 0 Å². The molecule has 0 saturated heterocycles. The number of halogens is 2. The molecule has 41 heavy (non-hydrogen) atoms. The van der Waals surface area contributed by atoms with Crippen molar-refractivity contribution in [3.8, 4) is 0 Å². The summed E-state index contributed by atoms with van der Waals surface area (Å²) in [4.78, 5) is 40.0. The van der Waals surface area contributed by atoms with E-state index in [2.05, 4.69) is 15.3 Å². The molecule has 1 aromatic heterocycles. The minimum absolute atomic E-state index is 0.0207. The second-order valence-electron chi connectivity index (χ2n) is 9.76. The average molecular weight is 592 g/mol. The molecule has 3 aromatic carbocycles. The first-order valence-corrected chi connectivity index (χ1v) is 14.3. The number of amides is 2. The van der Waals surface area contributed by atoms with Crippen LogP contribution in [0.2, 0.25) is 5.02 Å². The smallest absolute Gasteiger partial charge is 0.251 e. The maximum Gasteiger partial charge on any atom is 0.251 e. The Balaban J connectivity index is 1.69. The fraction of sp³-hybridized carbons (Fsp3) is 0.226. The van der Waals surface area contributed by atoms with Crippen LogP contribution >= 0.6 is 23.4 Å². The topological polar surface area (TPSA) is 78.4 Å². The average Bonchev–Trinajstić information content (AvgIpc) is 2.92. The Kier molecular flexibility index (Phi) is 9.96. The number of nitrogens with zero attached hydrogens (tertiary/aromatic N) is 4. The fourth-order valence-electron chi connectivity index (χ4n) is 4.28. The van der Waals surface area contributed by atoms with Crippen molar-refractivity contribution in [1.29, 1.82) is 0 Å². The van der Waals surface area contributed by atoms with E-state index in [1.807, 2.05) is 51.0 Å². The van der Waals surface area contributed by atoms with Gasteiger partial charge in [0.1, 0.15) is 11.9 Å². The zero-order valence-electron chi connectivity index (χ0n) is 23.3. The fourth-order valence-corrected chi connectivity index (χ4v) is 5.24. The first-order valence-electron chi connectivity index (χ1n) is 12.9. The van der Waals surface area contributed by atoms with Gasteiger partial charge in [0, 0.05) is 48.4 Å². The number of hydrogen-bond acceptors (Lipinski definition) is 6. The van der Waals surface area contributed by atoms with Gasteiger partial charge >= 0.3 is 0 Å². The summed E-state index contributed by atoms with van der Waals surface area (Å²) in [7, 11) is 3.85. The van der Waals surface area contributed by atoms with E-state index in [9.17, 15) is 14.0 Å². The highest BCUT2D eigenvalue weighted by Crippen LogP contribution is 2.28. The summed E-state index contributed by atoms with van der Waals surface area (Å²) in [6.07, 6.45) is 0. The van der Waals surface area contributed by atoms with Crippen molar-refractivity contribution in [1.82, 2.24) is 14.9 Å². The zero-order chi connectivity index (χ0) is 29.5. The van der Waals surface area contributed by atoms with Gasteiger partial charge in [0.2, 0.25) is 5.91 Å². The van der Waals surface area contributed by atoms with Crippen LogP contribution in [0.25, 0.3) is 0 Å². The van der Waals surface area contributed by atoms with Gasteiger partial charge in [0.15, 0.2) is 5.16 Å². The van der Waals surface area contributed by atoms with Gasteiger partial charge in [-0.25, -0.2) is 14.4 Å². The lowest BCUT2D eigenvalue weighted by molar-refractivity contribution is -0.137. The molecule has 212 valence electrons. The molecular weight excluding hydrogens is 561 g/mol. The lowest BCUT2D eigenvalue weighted by Gasteiger charge is -2.31. The number of aryl methyl sites for hydroxylation is 2.